The zero-order chi connectivity index (χ0) is 29.9. The second-order valence-electron chi connectivity index (χ2n) is 10.8. The molecule has 0 unspecified atom stereocenters. The molecule has 1 N–H and O–H groups in total. The van der Waals surface area contributed by atoms with Gasteiger partial charge in [-0.25, -0.2) is 14.5 Å². The van der Waals surface area contributed by atoms with Crippen molar-refractivity contribution >= 4 is 53.1 Å². The van der Waals surface area contributed by atoms with E-state index in [0.717, 1.165) is 26.8 Å². The molecular formula is C30H29N5O7. The predicted octanol–water partition coefficient (Wildman–Crippen LogP) is 2.31. The molecule has 0 radical (unpaired) electrons. The molecule has 0 aliphatic carbocycles. The van der Waals surface area contributed by atoms with Gasteiger partial charge in [0.15, 0.2) is 5.41 Å². The molecule has 8 amide bonds. The van der Waals surface area contributed by atoms with Gasteiger partial charge in [0.2, 0.25) is 11.8 Å². The van der Waals surface area contributed by atoms with Crippen LogP contribution < -0.4 is 19.9 Å². The first-order valence-corrected chi connectivity index (χ1v) is 13.7. The third kappa shape index (κ3) is 3.89. The number of barbiturate groups is 2. The third-order valence-corrected chi connectivity index (χ3v) is 8.47. The number of carbonyl (C=O) groups excluding carboxylic acids is 6. The van der Waals surface area contributed by atoms with Gasteiger partial charge in [-0.1, -0.05) is 6.07 Å². The molecule has 4 aliphatic rings. The lowest BCUT2D eigenvalue weighted by atomic mass is 9.68. The van der Waals surface area contributed by atoms with Crippen molar-refractivity contribution in [3.8, 4) is 5.75 Å². The SMILES string of the molecule is CCOc1ccc(N2C(=O)NC(=O)/C(=C\c3ccc4c(c3)CC3(C(=O)N(C)C(=O)N(C)C3=O)[C@H]3CCCN43)C2=O)cc1. The maximum Gasteiger partial charge on any atom is 0.335 e. The maximum absolute atomic E-state index is 13.6. The number of hydrogen-bond donors (Lipinski definition) is 1. The summed E-state index contributed by atoms with van der Waals surface area (Å²) in [4.78, 5) is 83.6. The first-order chi connectivity index (χ1) is 20.1. The van der Waals surface area contributed by atoms with Crippen LogP contribution in [0.15, 0.2) is 48.0 Å². The molecule has 42 heavy (non-hydrogen) atoms. The van der Waals surface area contributed by atoms with Gasteiger partial charge in [-0.15, -0.1) is 0 Å². The summed E-state index contributed by atoms with van der Waals surface area (Å²) in [5, 5.41) is 2.22. The van der Waals surface area contributed by atoms with Crippen molar-refractivity contribution in [1.29, 1.82) is 0 Å². The van der Waals surface area contributed by atoms with E-state index in [2.05, 4.69) is 5.32 Å². The van der Waals surface area contributed by atoms with Crippen LogP contribution in [-0.2, 0) is 25.6 Å². The lowest BCUT2D eigenvalue weighted by Crippen LogP contribution is -2.70. The van der Waals surface area contributed by atoms with Gasteiger partial charge in [0, 0.05) is 26.3 Å². The molecule has 1 spiro atoms. The number of nitrogens with zero attached hydrogens (tertiary/aromatic N) is 4. The fourth-order valence-electron chi connectivity index (χ4n) is 6.54. The van der Waals surface area contributed by atoms with E-state index in [9.17, 15) is 28.8 Å². The van der Waals surface area contributed by atoms with E-state index in [4.69, 9.17) is 4.74 Å². The van der Waals surface area contributed by atoms with Gasteiger partial charge in [-0.3, -0.25) is 34.3 Å². The first kappa shape index (κ1) is 27.2. The van der Waals surface area contributed by atoms with E-state index in [1.165, 1.54) is 20.2 Å². The Morgan fingerprint density at radius 3 is 2.33 bits per heavy atom. The Labute approximate surface area is 241 Å². The number of carbonyl (C=O) groups is 6. The Morgan fingerprint density at radius 1 is 0.976 bits per heavy atom. The lowest BCUT2D eigenvalue weighted by Gasteiger charge is -2.50. The number of fused-ring (bicyclic) bond motifs is 4. The molecule has 12 heteroatoms. The summed E-state index contributed by atoms with van der Waals surface area (Å²) >= 11 is 0. The minimum atomic E-state index is -1.47. The minimum Gasteiger partial charge on any atom is -0.494 e. The average molecular weight is 572 g/mol. The second-order valence-corrected chi connectivity index (χ2v) is 10.8. The smallest absolute Gasteiger partial charge is 0.335 e. The van der Waals surface area contributed by atoms with Gasteiger partial charge in [0.25, 0.3) is 11.8 Å². The second kappa shape index (κ2) is 9.82. The van der Waals surface area contributed by atoms with Gasteiger partial charge in [-0.05, 0) is 79.8 Å². The molecule has 0 saturated carbocycles. The number of ether oxygens (including phenoxy) is 1. The number of benzene rings is 2. The summed E-state index contributed by atoms with van der Waals surface area (Å²) in [6, 6.07) is 9.78. The van der Waals surface area contributed by atoms with Crippen molar-refractivity contribution in [2.24, 2.45) is 5.41 Å². The molecule has 12 nitrogen and oxygen atoms in total. The summed E-state index contributed by atoms with van der Waals surface area (Å²) in [6.07, 6.45) is 2.87. The number of hydrogen-bond acceptors (Lipinski definition) is 8. The zero-order valence-electron chi connectivity index (χ0n) is 23.4. The van der Waals surface area contributed by atoms with Crippen LogP contribution in [0.1, 0.15) is 30.9 Å². The number of anilines is 2. The van der Waals surface area contributed by atoms with Crippen LogP contribution in [0.2, 0.25) is 0 Å². The first-order valence-electron chi connectivity index (χ1n) is 13.7. The number of imide groups is 4. The molecule has 6 rings (SSSR count). The number of urea groups is 2. The highest BCUT2D eigenvalue weighted by molar-refractivity contribution is 6.39. The highest BCUT2D eigenvalue weighted by atomic mass is 16.5. The number of amides is 8. The number of nitrogens with one attached hydrogen (secondary N) is 1. The van der Waals surface area contributed by atoms with Crippen molar-refractivity contribution in [1.82, 2.24) is 15.1 Å². The van der Waals surface area contributed by atoms with Gasteiger partial charge >= 0.3 is 12.1 Å². The fraction of sp³-hybridized carbons (Fsp3) is 0.333. The van der Waals surface area contributed by atoms with Crippen molar-refractivity contribution in [3.05, 3.63) is 59.2 Å². The molecule has 4 aliphatic heterocycles. The molecule has 4 heterocycles. The van der Waals surface area contributed by atoms with E-state index in [-0.39, 0.29) is 17.7 Å². The van der Waals surface area contributed by atoms with Gasteiger partial charge < -0.3 is 9.64 Å². The van der Waals surface area contributed by atoms with E-state index in [0.29, 0.717) is 36.4 Å². The quantitative estimate of drug-likeness (QED) is 0.336. The van der Waals surface area contributed by atoms with Crippen LogP contribution >= 0.6 is 0 Å². The molecule has 1 atom stereocenters. The monoisotopic (exact) mass is 571 g/mol. The Morgan fingerprint density at radius 2 is 1.67 bits per heavy atom. The molecule has 2 aromatic carbocycles. The minimum absolute atomic E-state index is 0.0665. The van der Waals surface area contributed by atoms with Gasteiger partial charge in [-0.2, -0.15) is 0 Å². The van der Waals surface area contributed by atoms with Crippen molar-refractivity contribution < 1.29 is 33.5 Å². The van der Waals surface area contributed by atoms with Crippen LogP contribution in [0, 0.1) is 5.41 Å². The Bertz CT molecular complexity index is 1570. The Hall–Kier alpha value is -5.00. The topological polar surface area (TPSA) is 137 Å². The molecule has 0 aromatic heterocycles. The van der Waals surface area contributed by atoms with Crippen molar-refractivity contribution in [2.45, 2.75) is 32.2 Å². The van der Waals surface area contributed by atoms with E-state index < -0.39 is 47.1 Å². The highest BCUT2D eigenvalue weighted by Gasteiger charge is 2.63. The van der Waals surface area contributed by atoms with E-state index in [1.54, 1.807) is 36.4 Å². The molecule has 3 fully saturated rings. The van der Waals surface area contributed by atoms with E-state index in [1.807, 2.05) is 17.9 Å². The third-order valence-electron chi connectivity index (χ3n) is 8.47. The average Bonchev–Trinajstić information content (AvgIpc) is 3.48. The van der Waals surface area contributed by atoms with Crippen LogP contribution in [-0.4, -0.2) is 78.8 Å². The summed E-state index contributed by atoms with van der Waals surface area (Å²) in [7, 11) is 2.77. The Balaban J connectivity index is 1.37. The van der Waals surface area contributed by atoms with Crippen molar-refractivity contribution in [2.75, 3.05) is 37.0 Å². The molecule has 0 bridgehead atoms. The largest absolute Gasteiger partial charge is 0.494 e. The van der Waals surface area contributed by atoms with Crippen molar-refractivity contribution in [3.63, 3.8) is 0 Å². The molecule has 216 valence electrons. The number of rotatable bonds is 4. The normalized spacial score (nSPS) is 22.6. The standard InChI is InChI=1S/C30H29N5O7/c1-4-42-20-10-8-19(9-11-20)35-25(37)21(24(36)31-28(35)40)15-17-7-12-22-18(14-17)16-30(23-6-5-13-34(22)23)26(38)32(2)29(41)33(3)27(30)39/h7-12,14-15,23H,4-6,13,16H2,1-3H3,(H,31,36,40)/b21-15+/t23-/m1/s1. The molecule has 2 aromatic rings. The fourth-order valence-corrected chi connectivity index (χ4v) is 6.54. The summed E-state index contributed by atoms with van der Waals surface area (Å²) in [5.41, 5.74) is 0.574. The summed E-state index contributed by atoms with van der Waals surface area (Å²) in [5.74, 6) is -2.12. The van der Waals surface area contributed by atoms with Crippen LogP contribution in [0.3, 0.4) is 0 Å². The summed E-state index contributed by atoms with van der Waals surface area (Å²) in [6.45, 7) is 2.94. The van der Waals surface area contributed by atoms with Crippen LogP contribution in [0.5, 0.6) is 5.75 Å². The van der Waals surface area contributed by atoms with Gasteiger partial charge in [0.1, 0.15) is 11.3 Å². The molecular weight excluding hydrogens is 542 g/mol. The summed E-state index contributed by atoms with van der Waals surface area (Å²) < 4.78 is 5.43. The Kier molecular flexibility index (Phi) is 6.36. The zero-order valence-corrected chi connectivity index (χ0v) is 23.4. The van der Waals surface area contributed by atoms with Crippen LogP contribution in [0.25, 0.3) is 6.08 Å². The maximum atomic E-state index is 13.6. The highest BCUT2D eigenvalue weighted by Crippen LogP contribution is 2.49. The predicted molar refractivity (Wildman–Crippen MR) is 150 cm³/mol. The van der Waals surface area contributed by atoms with Gasteiger partial charge in [0.05, 0.1) is 18.3 Å². The molecule has 3 saturated heterocycles. The van der Waals surface area contributed by atoms with E-state index >= 15 is 0 Å². The lowest BCUT2D eigenvalue weighted by molar-refractivity contribution is -0.159. The van der Waals surface area contributed by atoms with Crippen LogP contribution in [0.4, 0.5) is 21.0 Å².